The first-order valence-corrected chi connectivity index (χ1v) is 8.22. The van der Waals surface area contributed by atoms with Gasteiger partial charge in [0.15, 0.2) is 0 Å². The van der Waals surface area contributed by atoms with Crippen LogP contribution >= 0.6 is 0 Å². The van der Waals surface area contributed by atoms with Crippen LogP contribution in [0.4, 0.5) is 5.69 Å². The lowest BCUT2D eigenvalue weighted by Crippen LogP contribution is -2.44. The predicted octanol–water partition coefficient (Wildman–Crippen LogP) is 1.14. The fourth-order valence-corrected chi connectivity index (χ4v) is 2.81. The number of ether oxygens (including phenoxy) is 1. The van der Waals surface area contributed by atoms with Gasteiger partial charge in [0.2, 0.25) is 17.7 Å². The first kappa shape index (κ1) is 17.5. The number of para-hydroxylation sites is 2. The van der Waals surface area contributed by atoms with Gasteiger partial charge in [-0.05, 0) is 17.7 Å². The van der Waals surface area contributed by atoms with Crippen molar-refractivity contribution in [2.45, 2.75) is 12.5 Å². The first-order chi connectivity index (χ1) is 12.6. The number of nitrogens with one attached hydrogen (secondary N) is 1. The van der Waals surface area contributed by atoms with E-state index in [1.54, 1.807) is 54.6 Å². The Balaban J connectivity index is 1.78. The Bertz CT molecular complexity index is 823. The average molecular weight is 353 g/mol. The molecule has 0 aliphatic carbocycles. The van der Waals surface area contributed by atoms with Gasteiger partial charge in [-0.3, -0.25) is 19.3 Å². The number of nitrogens with zero attached hydrogens (tertiary/aromatic N) is 1. The van der Waals surface area contributed by atoms with Crippen LogP contribution in [0.15, 0.2) is 54.6 Å². The number of benzene rings is 2. The number of hydrogen-bond acceptors (Lipinski definition) is 4. The molecule has 0 bridgehead atoms. The molecule has 3 rings (SSSR count). The van der Waals surface area contributed by atoms with Crippen LogP contribution in [0.1, 0.15) is 18.0 Å². The Morgan fingerprint density at radius 1 is 1.12 bits per heavy atom. The van der Waals surface area contributed by atoms with E-state index in [0.29, 0.717) is 17.0 Å². The SMILES string of the molecule is NC(=O)C(NC(=O)CN1C(=O)CCOc2ccccc21)c1ccccc1. The highest BCUT2D eigenvalue weighted by atomic mass is 16.5. The largest absolute Gasteiger partial charge is 0.491 e. The number of nitrogens with two attached hydrogens (primary N) is 1. The third-order valence-electron chi connectivity index (χ3n) is 4.06. The summed E-state index contributed by atoms with van der Waals surface area (Å²) in [5.41, 5.74) is 6.54. The molecule has 3 amide bonds. The minimum Gasteiger partial charge on any atom is -0.491 e. The number of amides is 3. The van der Waals surface area contributed by atoms with E-state index in [9.17, 15) is 14.4 Å². The summed E-state index contributed by atoms with van der Waals surface area (Å²) in [5.74, 6) is -0.834. The summed E-state index contributed by atoms with van der Waals surface area (Å²) < 4.78 is 5.55. The lowest BCUT2D eigenvalue weighted by Gasteiger charge is -2.23. The molecule has 1 atom stereocenters. The number of carbonyl (C=O) groups is 3. The lowest BCUT2D eigenvalue weighted by molar-refractivity contribution is -0.127. The number of carbonyl (C=O) groups excluding carboxylic acids is 3. The topological polar surface area (TPSA) is 102 Å². The van der Waals surface area contributed by atoms with E-state index in [4.69, 9.17) is 10.5 Å². The van der Waals surface area contributed by atoms with Crippen LogP contribution in [0.2, 0.25) is 0 Å². The van der Waals surface area contributed by atoms with Gasteiger partial charge in [-0.1, -0.05) is 42.5 Å². The number of anilines is 1. The second-order valence-corrected chi connectivity index (χ2v) is 5.86. The molecule has 3 N–H and O–H groups in total. The van der Waals surface area contributed by atoms with Crippen molar-refractivity contribution in [1.82, 2.24) is 5.32 Å². The molecule has 0 spiro atoms. The Hall–Kier alpha value is -3.35. The zero-order valence-electron chi connectivity index (χ0n) is 14.1. The van der Waals surface area contributed by atoms with Crippen LogP contribution in [0.5, 0.6) is 5.75 Å². The van der Waals surface area contributed by atoms with E-state index >= 15 is 0 Å². The summed E-state index contributed by atoms with van der Waals surface area (Å²) in [4.78, 5) is 38.0. The van der Waals surface area contributed by atoms with Gasteiger partial charge in [0.25, 0.3) is 0 Å². The van der Waals surface area contributed by atoms with E-state index in [-0.39, 0.29) is 25.5 Å². The fraction of sp³-hybridized carbons (Fsp3) is 0.211. The normalized spacial score (nSPS) is 14.6. The fourth-order valence-electron chi connectivity index (χ4n) is 2.81. The maximum atomic E-state index is 12.5. The molecule has 0 radical (unpaired) electrons. The molecule has 1 aliphatic rings. The zero-order chi connectivity index (χ0) is 18.5. The van der Waals surface area contributed by atoms with E-state index in [0.717, 1.165) is 0 Å². The van der Waals surface area contributed by atoms with E-state index in [2.05, 4.69) is 5.32 Å². The molecule has 0 fully saturated rings. The number of primary amides is 1. The van der Waals surface area contributed by atoms with Gasteiger partial charge in [0, 0.05) is 0 Å². The van der Waals surface area contributed by atoms with Crippen LogP contribution < -0.4 is 20.7 Å². The molecular weight excluding hydrogens is 334 g/mol. The highest BCUT2D eigenvalue weighted by molar-refractivity contribution is 6.01. The summed E-state index contributed by atoms with van der Waals surface area (Å²) >= 11 is 0. The minimum absolute atomic E-state index is 0.167. The molecule has 0 saturated heterocycles. The van der Waals surface area contributed by atoms with E-state index in [1.807, 2.05) is 0 Å². The molecular formula is C19H19N3O4. The number of fused-ring (bicyclic) bond motifs is 1. The van der Waals surface area contributed by atoms with Gasteiger partial charge in [0.1, 0.15) is 18.3 Å². The third kappa shape index (κ3) is 3.83. The van der Waals surface area contributed by atoms with Crippen LogP contribution in [0.25, 0.3) is 0 Å². The molecule has 1 unspecified atom stereocenters. The molecule has 2 aromatic carbocycles. The van der Waals surface area contributed by atoms with Crippen LogP contribution in [0, 0.1) is 0 Å². The summed E-state index contributed by atoms with van der Waals surface area (Å²) in [6, 6.07) is 14.8. The van der Waals surface area contributed by atoms with Crippen molar-refractivity contribution in [3.63, 3.8) is 0 Å². The summed E-state index contributed by atoms with van der Waals surface area (Å²) in [5, 5.41) is 2.60. The van der Waals surface area contributed by atoms with Crippen molar-refractivity contribution in [3.05, 3.63) is 60.2 Å². The quantitative estimate of drug-likeness (QED) is 0.842. The standard InChI is InChI=1S/C19H19N3O4/c20-19(25)18(13-6-2-1-3-7-13)21-16(23)12-22-14-8-4-5-9-15(14)26-11-10-17(22)24/h1-9,18H,10-12H2,(H2,20,25)(H,21,23). The Labute approximate surface area is 150 Å². The van der Waals surface area contributed by atoms with Crippen molar-refractivity contribution in [3.8, 4) is 5.75 Å². The molecule has 1 heterocycles. The van der Waals surface area contributed by atoms with Gasteiger partial charge in [0.05, 0.1) is 18.7 Å². The predicted molar refractivity (Wildman–Crippen MR) is 95.4 cm³/mol. The van der Waals surface area contributed by atoms with Gasteiger partial charge in [-0.2, -0.15) is 0 Å². The zero-order valence-corrected chi connectivity index (χ0v) is 14.1. The van der Waals surface area contributed by atoms with Gasteiger partial charge in [-0.25, -0.2) is 0 Å². The lowest BCUT2D eigenvalue weighted by atomic mass is 10.1. The smallest absolute Gasteiger partial charge is 0.244 e. The molecule has 2 aromatic rings. The molecule has 0 aromatic heterocycles. The van der Waals surface area contributed by atoms with Crippen molar-refractivity contribution in [2.24, 2.45) is 5.73 Å². The van der Waals surface area contributed by atoms with Crippen molar-refractivity contribution < 1.29 is 19.1 Å². The van der Waals surface area contributed by atoms with E-state index < -0.39 is 17.9 Å². The van der Waals surface area contributed by atoms with Crippen molar-refractivity contribution in [1.29, 1.82) is 0 Å². The summed E-state index contributed by atoms with van der Waals surface area (Å²) in [6.45, 7) is 0.0255. The van der Waals surface area contributed by atoms with Crippen LogP contribution in [-0.4, -0.2) is 30.9 Å². The highest BCUT2D eigenvalue weighted by Crippen LogP contribution is 2.30. The minimum atomic E-state index is -0.961. The summed E-state index contributed by atoms with van der Waals surface area (Å²) in [7, 11) is 0. The van der Waals surface area contributed by atoms with Crippen molar-refractivity contribution >= 4 is 23.4 Å². The monoisotopic (exact) mass is 353 g/mol. The Morgan fingerprint density at radius 2 is 1.81 bits per heavy atom. The van der Waals surface area contributed by atoms with Crippen LogP contribution in [-0.2, 0) is 14.4 Å². The van der Waals surface area contributed by atoms with Gasteiger partial charge >= 0.3 is 0 Å². The van der Waals surface area contributed by atoms with E-state index in [1.165, 1.54) is 4.90 Å². The Morgan fingerprint density at radius 3 is 2.54 bits per heavy atom. The second kappa shape index (κ2) is 7.69. The molecule has 7 nitrogen and oxygen atoms in total. The molecule has 1 aliphatic heterocycles. The molecule has 0 saturated carbocycles. The number of hydrogen-bond donors (Lipinski definition) is 2. The molecule has 26 heavy (non-hydrogen) atoms. The first-order valence-electron chi connectivity index (χ1n) is 8.22. The average Bonchev–Trinajstić information content (AvgIpc) is 2.79. The van der Waals surface area contributed by atoms with Gasteiger partial charge in [-0.15, -0.1) is 0 Å². The maximum absolute atomic E-state index is 12.5. The molecule has 134 valence electrons. The second-order valence-electron chi connectivity index (χ2n) is 5.86. The highest BCUT2D eigenvalue weighted by Gasteiger charge is 2.27. The third-order valence-corrected chi connectivity index (χ3v) is 4.06. The maximum Gasteiger partial charge on any atom is 0.244 e. The Kier molecular flexibility index (Phi) is 5.17. The number of rotatable bonds is 5. The van der Waals surface area contributed by atoms with Gasteiger partial charge < -0.3 is 15.8 Å². The van der Waals surface area contributed by atoms with Crippen molar-refractivity contribution in [2.75, 3.05) is 18.1 Å². The van der Waals surface area contributed by atoms with Crippen LogP contribution in [0.3, 0.4) is 0 Å². The molecule has 7 heteroatoms. The summed E-state index contributed by atoms with van der Waals surface area (Å²) in [6.07, 6.45) is 0.167.